The second kappa shape index (κ2) is 12.6. The number of hydrogen-bond donors (Lipinski definition) is 1. The predicted octanol–water partition coefficient (Wildman–Crippen LogP) is 5.48. The highest BCUT2D eigenvalue weighted by molar-refractivity contribution is 9.10. The van der Waals surface area contributed by atoms with Gasteiger partial charge in [-0.15, -0.1) is 0 Å². The molecule has 32 heavy (non-hydrogen) atoms. The van der Waals surface area contributed by atoms with Crippen LogP contribution < -0.4 is 10.1 Å². The van der Waals surface area contributed by atoms with E-state index in [1.807, 2.05) is 64.1 Å². The average Bonchev–Trinajstić information content (AvgIpc) is 2.75. The van der Waals surface area contributed by atoms with Gasteiger partial charge in [-0.05, 0) is 62.4 Å². The van der Waals surface area contributed by atoms with Crippen molar-refractivity contribution in [3.63, 3.8) is 0 Å². The molecule has 1 atom stereocenters. The largest absolute Gasteiger partial charge is 0.484 e. The summed E-state index contributed by atoms with van der Waals surface area (Å²) in [5, 5.41) is 2.98. The number of halogens is 1. The molecule has 5 nitrogen and oxygen atoms in total. The maximum absolute atomic E-state index is 13.3. The fraction of sp³-hybridized carbons (Fsp3) is 0.462. The van der Waals surface area contributed by atoms with E-state index in [2.05, 4.69) is 28.2 Å². The van der Waals surface area contributed by atoms with E-state index in [1.165, 1.54) is 0 Å². The maximum atomic E-state index is 13.3. The van der Waals surface area contributed by atoms with Crippen LogP contribution in [-0.4, -0.2) is 35.9 Å². The van der Waals surface area contributed by atoms with Gasteiger partial charge in [0, 0.05) is 17.6 Å². The molecule has 2 amide bonds. The van der Waals surface area contributed by atoms with Crippen molar-refractivity contribution in [1.82, 2.24) is 10.2 Å². The second-order valence-corrected chi connectivity index (χ2v) is 9.03. The molecule has 0 bridgehead atoms. The van der Waals surface area contributed by atoms with Crippen molar-refractivity contribution in [3.05, 3.63) is 63.1 Å². The van der Waals surface area contributed by atoms with E-state index in [1.54, 1.807) is 4.90 Å². The Morgan fingerprint density at radius 1 is 1.09 bits per heavy atom. The molecule has 1 N–H and O–H groups in total. The summed E-state index contributed by atoms with van der Waals surface area (Å²) in [5.74, 6) is 0.326. The fourth-order valence-electron chi connectivity index (χ4n) is 3.65. The molecular formula is C26H35BrN2O3. The lowest BCUT2D eigenvalue weighted by Crippen LogP contribution is -2.50. The van der Waals surface area contributed by atoms with Gasteiger partial charge in [-0.1, -0.05) is 66.0 Å². The van der Waals surface area contributed by atoms with Crippen LogP contribution in [0.5, 0.6) is 5.75 Å². The quantitative estimate of drug-likeness (QED) is 0.414. The number of nitrogens with zero attached hydrogens (tertiary/aromatic N) is 1. The van der Waals surface area contributed by atoms with Gasteiger partial charge in [0.15, 0.2) is 6.61 Å². The van der Waals surface area contributed by atoms with Gasteiger partial charge in [-0.25, -0.2) is 0 Å². The summed E-state index contributed by atoms with van der Waals surface area (Å²) < 4.78 is 6.89. The number of carbonyl (C=O) groups is 2. The molecular weight excluding hydrogens is 468 g/mol. The molecule has 0 aliphatic rings. The third kappa shape index (κ3) is 7.37. The molecule has 0 aliphatic carbocycles. The number of ether oxygens (including phenoxy) is 1. The third-order valence-corrected chi connectivity index (χ3v) is 6.67. The standard InChI is InChI=1S/C26H35BrN2O3/c1-6-8-12-28-26(31)23(7-2)29(16-21-11-9-10-18(3)13-21)24(30)17-32-22-14-19(4)25(27)20(5)15-22/h9-11,13-15,23H,6-8,12,16-17H2,1-5H3,(H,28,31)/t23-/m1/s1. The smallest absolute Gasteiger partial charge is 0.261 e. The van der Waals surface area contributed by atoms with Crippen molar-refractivity contribution in [3.8, 4) is 5.75 Å². The van der Waals surface area contributed by atoms with Crippen LogP contribution in [-0.2, 0) is 16.1 Å². The second-order valence-electron chi connectivity index (χ2n) is 8.24. The van der Waals surface area contributed by atoms with E-state index in [0.717, 1.165) is 39.6 Å². The normalized spacial score (nSPS) is 11.7. The van der Waals surface area contributed by atoms with Crippen molar-refractivity contribution < 1.29 is 14.3 Å². The first-order chi connectivity index (χ1) is 15.3. The number of carbonyl (C=O) groups excluding carboxylic acids is 2. The Morgan fingerprint density at radius 3 is 2.38 bits per heavy atom. The minimum atomic E-state index is -0.545. The van der Waals surface area contributed by atoms with Gasteiger partial charge in [-0.3, -0.25) is 9.59 Å². The van der Waals surface area contributed by atoms with Crippen LogP contribution in [0.15, 0.2) is 40.9 Å². The van der Waals surface area contributed by atoms with Crippen molar-refractivity contribution in [2.24, 2.45) is 0 Å². The van der Waals surface area contributed by atoms with E-state index in [9.17, 15) is 9.59 Å². The van der Waals surface area contributed by atoms with Gasteiger partial charge in [0.1, 0.15) is 11.8 Å². The van der Waals surface area contributed by atoms with Crippen LogP contribution in [0.4, 0.5) is 0 Å². The van der Waals surface area contributed by atoms with Gasteiger partial charge >= 0.3 is 0 Å². The lowest BCUT2D eigenvalue weighted by atomic mass is 10.1. The number of amides is 2. The Labute approximate surface area is 200 Å². The first-order valence-electron chi connectivity index (χ1n) is 11.3. The summed E-state index contributed by atoms with van der Waals surface area (Å²) in [4.78, 5) is 27.8. The summed E-state index contributed by atoms with van der Waals surface area (Å²) in [6, 6.07) is 11.3. The van der Waals surface area contributed by atoms with Gasteiger partial charge in [0.05, 0.1) is 0 Å². The van der Waals surface area contributed by atoms with Crippen LogP contribution in [0.25, 0.3) is 0 Å². The Balaban J connectivity index is 2.21. The highest BCUT2D eigenvalue weighted by atomic mass is 79.9. The molecule has 2 aromatic rings. The molecule has 0 aliphatic heterocycles. The molecule has 174 valence electrons. The predicted molar refractivity (Wildman–Crippen MR) is 133 cm³/mol. The van der Waals surface area contributed by atoms with Crippen LogP contribution in [0.2, 0.25) is 0 Å². The van der Waals surface area contributed by atoms with E-state index in [0.29, 0.717) is 25.3 Å². The number of benzene rings is 2. The Bertz CT molecular complexity index is 906. The molecule has 2 rings (SSSR count). The molecule has 0 saturated heterocycles. The summed E-state index contributed by atoms with van der Waals surface area (Å²) in [6.07, 6.45) is 2.45. The topological polar surface area (TPSA) is 58.6 Å². The highest BCUT2D eigenvalue weighted by Crippen LogP contribution is 2.26. The molecule has 0 spiro atoms. The minimum Gasteiger partial charge on any atom is -0.484 e. The minimum absolute atomic E-state index is 0.114. The Morgan fingerprint density at radius 2 is 1.78 bits per heavy atom. The zero-order chi connectivity index (χ0) is 23.7. The number of nitrogens with one attached hydrogen (secondary N) is 1. The Hall–Kier alpha value is -2.34. The lowest BCUT2D eigenvalue weighted by molar-refractivity contribution is -0.143. The summed E-state index contributed by atoms with van der Waals surface area (Å²) in [5.41, 5.74) is 4.21. The lowest BCUT2D eigenvalue weighted by Gasteiger charge is -2.30. The number of aryl methyl sites for hydroxylation is 3. The average molecular weight is 503 g/mol. The molecule has 0 aromatic heterocycles. The maximum Gasteiger partial charge on any atom is 0.261 e. The fourth-order valence-corrected chi connectivity index (χ4v) is 3.88. The van der Waals surface area contributed by atoms with Crippen LogP contribution in [0, 0.1) is 20.8 Å². The molecule has 0 unspecified atom stereocenters. The van der Waals surface area contributed by atoms with Crippen molar-refractivity contribution in [2.45, 2.75) is 66.5 Å². The first-order valence-corrected chi connectivity index (χ1v) is 12.1. The summed E-state index contributed by atoms with van der Waals surface area (Å²) >= 11 is 3.55. The summed E-state index contributed by atoms with van der Waals surface area (Å²) in [6.45, 7) is 10.9. The van der Waals surface area contributed by atoms with Gasteiger partial charge in [-0.2, -0.15) is 0 Å². The van der Waals surface area contributed by atoms with E-state index >= 15 is 0 Å². The van der Waals surface area contributed by atoms with Crippen LogP contribution >= 0.6 is 15.9 Å². The first kappa shape index (κ1) is 25.9. The Kier molecular flexibility index (Phi) is 10.2. The van der Waals surface area contributed by atoms with Gasteiger partial charge in [0.2, 0.25) is 5.91 Å². The molecule has 0 fully saturated rings. The molecule has 0 saturated carbocycles. The molecule has 2 aromatic carbocycles. The molecule has 0 heterocycles. The molecule has 6 heteroatoms. The zero-order valence-corrected chi connectivity index (χ0v) is 21.4. The third-order valence-electron chi connectivity index (χ3n) is 5.42. The van der Waals surface area contributed by atoms with E-state index in [4.69, 9.17) is 4.74 Å². The highest BCUT2D eigenvalue weighted by Gasteiger charge is 2.28. The zero-order valence-electron chi connectivity index (χ0n) is 19.8. The number of unbranched alkanes of at least 4 members (excludes halogenated alkanes) is 1. The van der Waals surface area contributed by atoms with Crippen LogP contribution in [0.1, 0.15) is 55.4 Å². The van der Waals surface area contributed by atoms with Gasteiger partial charge in [0.25, 0.3) is 5.91 Å². The van der Waals surface area contributed by atoms with Gasteiger partial charge < -0.3 is 15.0 Å². The van der Waals surface area contributed by atoms with Crippen LogP contribution in [0.3, 0.4) is 0 Å². The molecule has 0 radical (unpaired) electrons. The number of rotatable bonds is 11. The number of hydrogen-bond acceptors (Lipinski definition) is 3. The van der Waals surface area contributed by atoms with E-state index in [-0.39, 0.29) is 18.4 Å². The van der Waals surface area contributed by atoms with Crippen molar-refractivity contribution in [2.75, 3.05) is 13.2 Å². The van der Waals surface area contributed by atoms with E-state index < -0.39 is 6.04 Å². The van der Waals surface area contributed by atoms with Crippen molar-refractivity contribution in [1.29, 1.82) is 0 Å². The summed E-state index contributed by atoms with van der Waals surface area (Å²) in [7, 11) is 0. The SMILES string of the molecule is CCCCNC(=O)[C@@H](CC)N(Cc1cccc(C)c1)C(=O)COc1cc(C)c(Br)c(C)c1. The monoisotopic (exact) mass is 502 g/mol. The van der Waals surface area contributed by atoms with Crippen molar-refractivity contribution >= 4 is 27.7 Å².